The molecule has 0 saturated carbocycles. The lowest BCUT2D eigenvalue weighted by Crippen LogP contribution is -2.08. The molecule has 2 N–H and O–H groups in total. The fourth-order valence-corrected chi connectivity index (χ4v) is 0.687. The van der Waals surface area contributed by atoms with E-state index in [1.54, 1.807) is 0 Å². The summed E-state index contributed by atoms with van der Waals surface area (Å²) >= 11 is 5.35. The normalized spacial score (nSPS) is 9.55. The summed E-state index contributed by atoms with van der Waals surface area (Å²) in [7, 11) is 0. The lowest BCUT2D eigenvalue weighted by molar-refractivity contribution is 0.0690. The summed E-state index contributed by atoms with van der Waals surface area (Å²) in [5.41, 5.74) is -0.665. The van der Waals surface area contributed by atoms with Crippen molar-refractivity contribution in [3.8, 4) is 0 Å². The SMILES string of the molecule is O=C(O)c1cc(=O)c(Cl)c[nH]1. The molecule has 58 valence electrons. The van der Waals surface area contributed by atoms with E-state index in [9.17, 15) is 9.59 Å². The molecule has 4 nitrogen and oxygen atoms in total. The summed E-state index contributed by atoms with van der Waals surface area (Å²) < 4.78 is 0. The Hall–Kier alpha value is -1.29. The Morgan fingerprint density at radius 3 is 2.73 bits per heavy atom. The second-order valence-electron chi connectivity index (χ2n) is 1.86. The van der Waals surface area contributed by atoms with Crippen LogP contribution in [0.1, 0.15) is 10.5 Å². The first kappa shape index (κ1) is 7.81. The number of carbonyl (C=O) groups is 1. The van der Waals surface area contributed by atoms with Gasteiger partial charge in [0.25, 0.3) is 0 Å². The smallest absolute Gasteiger partial charge is 0.352 e. The summed E-state index contributed by atoms with van der Waals surface area (Å²) in [6.45, 7) is 0. The van der Waals surface area contributed by atoms with Gasteiger partial charge in [-0.3, -0.25) is 4.79 Å². The Kier molecular flexibility index (Phi) is 1.96. The van der Waals surface area contributed by atoms with E-state index in [0.717, 1.165) is 12.3 Å². The van der Waals surface area contributed by atoms with Gasteiger partial charge < -0.3 is 10.1 Å². The highest BCUT2D eigenvalue weighted by Gasteiger charge is 2.04. The van der Waals surface area contributed by atoms with Crippen molar-refractivity contribution >= 4 is 17.6 Å². The molecule has 0 aliphatic heterocycles. The Bertz CT molecular complexity index is 344. The fourth-order valence-electron chi connectivity index (χ4n) is 0.577. The van der Waals surface area contributed by atoms with Crippen LogP contribution < -0.4 is 5.43 Å². The zero-order valence-corrected chi connectivity index (χ0v) is 6.05. The highest BCUT2D eigenvalue weighted by atomic mass is 35.5. The third kappa shape index (κ3) is 1.59. The molecule has 0 amide bonds. The van der Waals surface area contributed by atoms with Gasteiger partial charge in [0.2, 0.25) is 5.43 Å². The molecule has 0 spiro atoms. The largest absolute Gasteiger partial charge is 0.477 e. The molecule has 1 aromatic rings. The Labute approximate surface area is 66.4 Å². The van der Waals surface area contributed by atoms with E-state index in [1.165, 1.54) is 0 Å². The van der Waals surface area contributed by atoms with Gasteiger partial charge in [-0.05, 0) is 0 Å². The van der Waals surface area contributed by atoms with E-state index in [1.807, 2.05) is 0 Å². The number of halogens is 1. The molecule has 0 aliphatic rings. The molecule has 0 aromatic carbocycles. The number of carboxylic acids is 1. The van der Waals surface area contributed by atoms with Crippen LogP contribution in [0.3, 0.4) is 0 Å². The molecule has 0 bridgehead atoms. The van der Waals surface area contributed by atoms with Gasteiger partial charge in [0.1, 0.15) is 10.7 Å². The molecule has 0 saturated heterocycles. The van der Waals surface area contributed by atoms with E-state index in [0.29, 0.717) is 0 Å². The summed E-state index contributed by atoms with van der Waals surface area (Å²) in [4.78, 5) is 23.3. The number of aromatic nitrogens is 1. The summed E-state index contributed by atoms with van der Waals surface area (Å²) in [5.74, 6) is -1.18. The topological polar surface area (TPSA) is 70.2 Å². The molecule has 0 fully saturated rings. The van der Waals surface area contributed by atoms with Crippen molar-refractivity contribution in [2.24, 2.45) is 0 Å². The predicted molar refractivity (Wildman–Crippen MR) is 39.0 cm³/mol. The van der Waals surface area contributed by atoms with Crippen LogP contribution in [0.5, 0.6) is 0 Å². The number of hydrogen-bond acceptors (Lipinski definition) is 2. The van der Waals surface area contributed by atoms with Gasteiger partial charge in [-0.25, -0.2) is 4.79 Å². The maximum Gasteiger partial charge on any atom is 0.352 e. The van der Waals surface area contributed by atoms with E-state index in [4.69, 9.17) is 16.7 Å². The van der Waals surface area contributed by atoms with Gasteiger partial charge >= 0.3 is 5.97 Å². The molecule has 0 aliphatic carbocycles. The number of H-pyrrole nitrogens is 1. The first-order chi connectivity index (χ1) is 5.11. The van der Waals surface area contributed by atoms with Crippen molar-refractivity contribution in [3.63, 3.8) is 0 Å². The zero-order chi connectivity index (χ0) is 8.43. The first-order valence-electron chi connectivity index (χ1n) is 2.73. The van der Waals surface area contributed by atoms with E-state index >= 15 is 0 Å². The van der Waals surface area contributed by atoms with E-state index in [2.05, 4.69) is 4.98 Å². The minimum atomic E-state index is -1.18. The molecular formula is C6H4ClNO3. The molecule has 1 aromatic heterocycles. The number of pyridine rings is 1. The molecule has 11 heavy (non-hydrogen) atoms. The average molecular weight is 174 g/mol. The summed E-state index contributed by atoms with van der Waals surface area (Å²) in [6.07, 6.45) is 1.15. The highest BCUT2D eigenvalue weighted by Crippen LogP contribution is 1.98. The molecule has 1 heterocycles. The van der Waals surface area contributed by atoms with Crippen LogP contribution in [0.4, 0.5) is 0 Å². The average Bonchev–Trinajstić information content (AvgIpc) is 1.94. The molecule has 5 heteroatoms. The number of carboxylic acid groups (broad SMARTS) is 1. The van der Waals surface area contributed by atoms with E-state index in [-0.39, 0.29) is 10.7 Å². The second kappa shape index (κ2) is 2.75. The summed E-state index contributed by atoms with van der Waals surface area (Å²) in [6, 6.07) is 0.935. The molecule has 0 radical (unpaired) electrons. The standard InChI is InChI=1S/C6H4ClNO3/c7-3-2-8-4(6(10)11)1-5(3)9/h1-2H,(H,8,9)(H,10,11). The van der Waals surface area contributed by atoms with Crippen molar-refractivity contribution in [1.29, 1.82) is 0 Å². The van der Waals surface area contributed by atoms with Gasteiger partial charge in [0.05, 0.1) is 0 Å². The van der Waals surface area contributed by atoms with Gasteiger partial charge in [-0.2, -0.15) is 0 Å². The number of hydrogen-bond donors (Lipinski definition) is 2. The van der Waals surface area contributed by atoms with Gasteiger partial charge in [0, 0.05) is 12.3 Å². The van der Waals surface area contributed by atoms with Crippen LogP contribution in [-0.2, 0) is 0 Å². The zero-order valence-electron chi connectivity index (χ0n) is 5.30. The van der Waals surface area contributed by atoms with Gasteiger partial charge in [-0.15, -0.1) is 0 Å². The van der Waals surface area contributed by atoms with E-state index < -0.39 is 11.4 Å². The fraction of sp³-hybridized carbons (Fsp3) is 0. The molecular weight excluding hydrogens is 170 g/mol. The molecule has 1 rings (SSSR count). The van der Waals surface area contributed by atoms with Crippen LogP contribution in [0.15, 0.2) is 17.1 Å². The minimum Gasteiger partial charge on any atom is -0.477 e. The monoisotopic (exact) mass is 173 g/mol. The highest BCUT2D eigenvalue weighted by molar-refractivity contribution is 6.30. The second-order valence-corrected chi connectivity index (χ2v) is 2.27. The Morgan fingerprint density at radius 2 is 2.27 bits per heavy atom. The van der Waals surface area contributed by atoms with Crippen molar-refractivity contribution in [2.75, 3.05) is 0 Å². The van der Waals surface area contributed by atoms with Crippen LogP contribution in [0.2, 0.25) is 5.02 Å². The quantitative estimate of drug-likeness (QED) is 0.658. The van der Waals surface area contributed by atoms with Crippen molar-refractivity contribution in [1.82, 2.24) is 4.98 Å². The number of rotatable bonds is 1. The van der Waals surface area contributed by atoms with Crippen molar-refractivity contribution in [3.05, 3.63) is 33.2 Å². The first-order valence-corrected chi connectivity index (χ1v) is 3.10. The third-order valence-corrected chi connectivity index (χ3v) is 1.39. The Balaban J connectivity index is 3.26. The van der Waals surface area contributed by atoms with Gasteiger partial charge in [-0.1, -0.05) is 11.6 Å². The lowest BCUT2D eigenvalue weighted by Gasteiger charge is -1.92. The van der Waals surface area contributed by atoms with Gasteiger partial charge in [0.15, 0.2) is 0 Å². The maximum absolute atomic E-state index is 10.7. The van der Waals surface area contributed by atoms with Crippen LogP contribution >= 0.6 is 11.6 Å². The van der Waals surface area contributed by atoms with Crippen molar-refractivity contribution in [2.45, 2.75) is 0 Å². The summed E-state index contributed by atoms with van der Waals surface area (Å²) in [5, 5.41) is 8.37. The predicted octanol–water partition coefficient (Wildman–Crippen LogP) is 0.726. The van der Waals surface area contributed by atoms with Crippen LogP contribution in [0.25, 0.3) is 0 Å². The Morgan fingerprint density at radius 1 is 1.64 bits per heavy atom. The molecule has 0 unspecified atom stereocenters. The molecule has 0 atom stereocenters. The number of aromatic carboxylic acids is 1. The van der Waals surface area contributed by atoms with Crippen molar-refractivity contribution < 1.29 is 9.90 Å². The lowest BCUT2D eigenvalue weighted by atomic mass is 10.3. The number of nitrogens with one attached hydrogen (secondary N) is 1. The van der Waals surface area contributed by atoms with Crippen LogP contribution in [-0.4, -0.2) is 16.1 Å². The minimum absolute atomic E-state index is 0.0185. The maximum atomic E-state index is 10.7. The number of aromatic amines is 1. The third-order valence-electron chi connectivity index (χ3n) is 1.10. The van der Waals surface area contributed by atoms with Crippen LogP contribution in [0, 0.1) is 0 Å².